The predicted molar refractivity (Wildman–Crippen MR) is 90.6 cm³/mol. The van der Waals surface area contributed by atoms with Gasteiger partial charge in [0.25, 0.3) is 0 Å². The van der Waals surface area contributed by atoms with E-state index in [1.54, 1.807) is 6.92 Å². The predicted octanol–water partition coefficient (Wildman–Crippen LogP) is -2.83. The molecule has 3 amide bonds. The standard InChI is InChI=1S/C17H26N2O9/c1-2-19-8(20)7-17(15(19)26)3-5-18(6-4-17)16(27)28-14-12(24)10(22)9(21)11(23)13(14)25/h9-14,21-25H,2-7H2,1H3/t9-,10+,11?,12?,13?,14+/m0/s1. The Morgan fingerprint density at radius 3 is 1.96 bits per heavy atom. The highest BCUT2D eigenvalue weighted by Gasteiger charge is 2.54. The van der Waals surface area contributed by atoms with Crippen LogP contribution in [0.25, 0.3) is 0 Å². The highest BCUT2D eigenvalue weighted by molar-refractivity contribution is 6.06. The first kappa shape index (κ1) is 20.9. The summed E-state index contributed by atoms with van der Waals surface area (Å²) in [4.78, 5) is 39.4. The van der Waals surface area contributed by atoms with Gasteiger partial charge in [-0.05, 0) is 19.8 Å². The third-order valence-corrected chi connectivity index (χ3v) is 6.09. The van der Waals surface area contributed by atoms with Crippen molar-refractivity contribution in [1.82, 2.24) is 9.80 Å². The zero-order chi connectivity index (χ0) is 20.8. The number of amides is 3. The molecule has 6 atom stereocenters. The second-order valence-corrected chi connectivity index (χ2v) is 7.69. The first-order valence-corrected chi connectivity index (χ1v) is 9.33. The third-order valence-electron chi connectivity index (χ3n) is 6.09. The molecule has 3 fully saturated rings. The molecule has 2 heterocycles. The largest absolute Gasteiger partial charge is 0.440 e. The van der Waals surface area contributed by atoms with Crippen molar-refractivity contribution in [2.24, 2.45) is 5.41 Å². The number of hydrogen-bond donors (Lipinski definition) is 5. The van der Waals surface area contributed by atoms with E-state index in [2.05, 4.69) is 0 Å². The van der Waals surface area contributed by atoms with Crippen LogP contribution in [-0.4, -0.2) is 109 Å². The van der Waals surface area contributed by atoms with Crippen molar-refractivity contribution >= 4 is 17.9 Å². The van der Waals surface area contributed by atoms with Crippen LogP contribution < -0.4 is 0 Å². The van der Waals surface area contributed by atoms with Crippen LogP contribution >= 0.6 is 0 Å². The lowest BCUT2D eigenvalue weighted by Gasteiger charge is -2.42. The number of aliphatic hydroxyl groups is 5. The molecule has 2 saturated heterocycles. The number of piperidine rings is 1. The molecule has 1 aliphatic carbocycles. The number of likely N-dealkylation sites (tertiary alicyclic amines) is 2. The van der Waals surface area contributed by atoms with Crippen molar-refractivity contribution in [2.45, 2.75) is 62.8 Å². The zero-order valence-electron chi connectivity index (χ0n) is 15.5. The molecular weight excluding hydrogens is 376 g/mol. The van der Waals surface area contributed by atoms with Gasteiger partial charge < -0.3 is 35.2 Å². The van der Waals surface area contributed by atoms with Gasteiger partial charge in [-0.15, -0.1) is 0 Å². The van der Waals surface area contributed by atoms with Gasteiger partial charge in [-0.1, -0.05) is 0 Å². The van der Waals surface area contributed by atoms with Crippen molar-refractivity contribution < 1.29 is 44.7 Å². The zero-order valence-corrected chi connectivity index (χ0v) is 15.5. The Kier molecular flexibility index (Phi) is 5.65. The fourth-order valence-electron chi connectivity index (χ4n) is 4.22. The van der Waals surface area contributed by atoms with Crippen molar-refractivity contribution in [2.75, 3.05) is 19.6 Å². The summed E-state index contributed by atoms with van der Waals surface area (Å²) in [5.74, 6) is -0.454. The van der Waals surface area contributed by atoms with Crippen LogP contribution in [0.4, 0.5) is 4.79 Å². The van der Waals surface area contributed by atoms with E-state index in [-0.39, 0.29) is 44.2 Å². The molecule has 1 spiro atoms. The van der Waals surface area contributed by atoms with Crippen molar-refractivity contribution in [3.8, 4) is 0 Å². The van der Waals surface area contributed by atoms with Crippen molar-refractivity contribution in [1.29, 1.82) is 0 Å². The van der Waals surface area contributed by atoms with E-state index < -0.39 is 48.1 Å². The molecule has 0 aromatic rings. The molecule has 0 aromatic heterocycles. The fraction of sp³-hybridized carbons (Fsp3) is 0.824. The van der Waals surface area contributed by atoms with Gasteiger partial charge in [0, 0.05) is 26.1 Å². The average Bonchev–Trinajstić information content (AvgIpc) is 2.91. The lowest BCUT2D eigenvalue weighted by molar-refractivity contribution is -0.224. The molecule has 11 heteroatoms. The van der Waals surface area contributed by atoms with E-state index in [1.165, 1.54) is 9.80 Å². The van der Waals surface area contributed by atoms with Gasteiger partial charge in [0.15, 0.2) is 6.10 Å². The Morgan fingerprint density at radius 1 is 1.00 bits per heavy atom. The number of carbonyl (C=O) groups is 3. The maximum absolute atomic E-state index is 12.5. The van der Waals surface area contributed by atoms with Gasteiger partial charge in [-0.3, -0.25) is 14.5 Å². The van der Waals surface area contributed by atoms with Gasteiger partial charge >= 0.3 is 6.09 Å². The Morgan fingerprint density at radius 2 is 1.50 bits per heavy atom. The van der Waals surface area contributed by atoms with Gasteiger partial charge in [0.05, 0.1) is 5.41 Å². The summed E-state index contributed by atoms with van der Waals surface area (Å²) in [5.41, 5.74) is -0.815. The molecule has 2 aliphatic heterocycles. The van der Waals surface area contributed by atoms with Crippen LogP contribution in [0.5, 0.6) is 0 Å². The second-order valence-electron chi connectivity index (χ2n) is 7.69. The Balaban J connectivity index is 1.62. The second kappa shape index (κ2) is 7.56. The summed E-state index contributed by atoms with van der Waals surface area (Å²) in [6.45, 7) is 2.31. The number of carbonyl (C=O) groups excluding carboxylic acids is 3. The van der Waals surface area contributed by atoms with Crippen LogP contribution in [0.15, 0.2) is 0 Å². The quantitative estimate of drug-likeness (QED) is 0.306. The lowest BCUT2D eigenvalue weighted by Crippen LogP contribution is -2.65. The molecule has 11 nitrogen and oxygen atoms in total. The van der Waals surface area contributed by atoms with E-state index in [0.29, 0.717) is 6.54 Å². The molecule has 0 radical (unpaired) electrons. The van der Waals surface area contributed by atoms with E-state index in [9.17, 15) is 39.9 Å². The molecule has 3 aliphatic rings. The SMILES string of the molecule is CCN1C(=O)CC2(CCN(C(=O)O[C@H]3C(O)C(O)[C@@H](O)[C@@H](O)C3O)CC2)C1=O. The summed E-state index contributed by atoms with van der Waals surface area (Å²) < 4.78 is 5.08. The number of aliphatic hydroxyl groups excluding tert-OH is 5. The maximum Gasteiger partial charge on any atom is 0.410 e. The topological polar surface area (TPSA) is 168 Å². The Bertz CT molecular complexity index is 633. The first-order valence-electron chi connectivity index (χ1n) is 9.33. The first-order chi connectivity index (χ1) is 13.1. The molecule has 5 N–H and O–H groups in total. The van der Waals surface area contributed by atoms with Crippen molar-refractivity contribution in [3.05, 3.63) is 0 Å². The van der Waals surface area contributed by atoms with Crippen LogP contribution in [0, 0.1) is 5.41 Å². The van der Waals surface area contributed by atoms with E-state index in [1.807, 2.05) is 0 Å². The summed E-state index contributed by atoms with van der Waals surface area (Å²) >= 11 is 0. The molecule has 3 unspecified atom stereocenters. The third kappa shape index (κ3) is 3.26. The fourth-order valence-corrected chi connectivity index (χ4v) is 4.22. The number of rotatable bonds is 2. The van der Waals surface area contributed by atoms with Gasteiger partial charge in [-0.25, -0.2) is 4.79 Å². The van der Waals surface area contributed by atoms with Gasteiger partial charge in [0.2, 0.25) is 11.8 Å². The van der Waals surface area contributed by atoms with Gasteiger partial charge in [-0.2, -0.15) is 0 Å². The van der Waals surface area contributed by atoms with Crippen LogP contribution in [-0.2, 0) is 14.3 Å². The Hall–Kier alpha value is -1.79. The molecule has 1 saturated carbocycles. The number of ether oxygens (including phenoxy) is 1. The van der Waals surface area contributed by atoms with E-state index >= 15 is 0 Å². The van der Waals surface area contributed by atoms with Crippen molar-refractivity contribution in [3.63, 3.8) is 0 Å². The summed E-state index contributed by atoms with van der Waals surface area (Å²) in [6.07, 6.45) is -10.8. The maximum atomic E-state index is 12.5. The Labute approximate surface area is 161 Å². The van der Waals surface area contributed by atoms with Crippen LogP contribution in [0.2, 0.25) is 0 Å². The van der Waals surface area contributed by atoms with E-state index in [4.69, 9.17) is 4.74 Å². The highest BCUT2D eigenvalue weighted by Crippen LogP contribution is 2.42. The highest BCUT2D eigenvalue weighted by atomic mass is 16.6. The molecule has 0 aromatic carbocycles. The van der Waals surface area contributed by atoms with Gasteiger partial charge in [0.1, 0.15) is 30.5 Å². The van der Waals surface area contributed by atoms with Crippen LogP contribution in [0.3, 0.4) is 0 Å². The summed E-state index contributed by atoms with van der Waals surface area (Å²) in [5, 5.41) is 48.9. The number of imide groups is 1. The molecule has 0 bridgehead atoms. The summed E-state index contributed by atoms with van der Waals surface area (Å²) in [6, 6.07) is 0. The minimum atomic E-state index is -1.79. The molecular formula is C17H26N2O9. The monoisotopic (exact) mass is 402 g/mol. The smallest absolute Gasteiger partial charge is 0.410 e. The minimum absolute atomic E-state index is 0.110. The molecule has 3 rings (SSSR count). The van der Waals surface area contributed by atoms with Crippen LogP contribution in [0.1, 0.15) is 26.2 Å². The number of nitrogens with zero attached hydrogens (tertiary/aromatic N) is 2. The van der Waals surface area contributed by atoms with E-state index in [0.717, 1.165) is 0 Å². The summed E-state index contributed by atoms with van der Waals surface area (Å²) in [7, 11) is 0. The average molecular weight is 402 g/mol. The minimum Gasteiger partial charge on any atom is -0.440 e. The molecule has 28 heavy (non-hydrogen) atoms. The lowest BCUT2D eigenvalue weighted by atomic mass is 9.77. The molecule has 158 valence electrons. The normalized spacial score (nSPS) is 38.2. The number of hydrogen-bond acceptors (Lipinski definition) is 9.